The van der Waals surface area contributed by atoms with E-state index in [0.29, 0.717) is 0 Å². The van der Waals surface area contributed by atoms with E-state index >= 15 is 0 Å². The van der Waals surface area contributed by atoms with Crippen molar-refractivity contribution in [3.8, 4) is 16.9 Å². The van der Waals surface area contributed by atoms with Crippen molar-refractivity contribution < 1.29 is 22.3 Å². The highest BCUT2D eigenvalue weighted by Crippen LogP contribution is 2.34. The van der Waals surface area contributed by atoms with Crippen molar-refractivity contribution in [3.05, 3.63) is 48.5 Å². The Morgan fingerprint density at radius 1 is 1.00 bits per heavy atom. The number of nitrogens with zero attached hydrogens (tertiary/aromatic N) is 1. The number of hydrogen-bond acceptors (Lipinski definition) is 2. The zero-order valence-electron chi connectivity index (χ0n) is 8.91. The normalized spacial score (nSPS) is 11.3. The molecule has 0 radical (unpaired) electrons. The molecule has 0 unspecified atom stereocenters. The highest BCUT2D eigenvalue weighted by Gasteiger charge is 2.32. The molecule has 2 rings (SSSR count). The van der Waals surface area contributed by atoms with Crippen LogP contribution in [0.4, 0.5) is 17.6 Å². The van der Waals surface area contributed by atoms with Gasteiger partial charge in [0.15, 0.2) is 0 Å². The van der Waals surface area contributed by atoms with Crippen molar-refractivity contribution in [3.63, 3.8) is 0 Å². The van der Waals surface area contributed by atoms with Gasteiger partial charge in [0.1, 0.15) is 11.6 Å². The summed E-state index contributed by atoms with van der Waals surface area (Å²) in [7, 11) is 0. The van der Waals surface area contributed by atoms with E-state index in [4.69, 9.17) is 0 Å². The van der Waals surface area contributed by atoms with Gasteiger partial charge in [-0.2, -0.15) is 0 Å². The number of pyridine rings is 1. The molecule has 0 aliphatic heterocycles. The first kappa shape index (κ1) is 12.3. The zero-order valence-corrected chi connectivity index (χ0v) is 8.91. The Balaban J connectivity index is 2.49. The molecule has 0 saturated carbocycles. The van der Waals surface area contributed by atoms with Crippen LogP contribution in [-0.2, 0) is 0 Å². The Labute approximate surface area is 99.8 Å². The van der Waals surface area contributed by atoms with Crippen LogP contribution in [0.1, 0.15) is 0 Å². The molecule has 0 saturated heterocycles. The maximum Gasteiger partial charge on any atom is 0.573 e. The maximum absolute atomic E-state index is 13.5. The van der Waals surface area contributed by atoms with Crippen LogP contribution in [0.15, 0.2) is 42.7 Å². The maximum atomic E-state index is 13.5. The Hall–Kier alpha value is -2.11. The van der Waals surface area contributed by atoms with E-state index in [1.54, 1.807) is 0 Å². The summed E-state index contributed by atoms with van der Waals surface area (Å²) >= 11 is 0. The lowest BCUT2D eigenvalue weighted by Gasteiger charge is -2.13. The number of halogens is 4. The quantitative estimate of drug-likeness (QED) is 0.764. The second kappa shape index (κ2) is 4.64. The van der Waals surface area contributed by atoms with Crippen LogP contribution < -0.4 is 4.74 Å². The second-order valence-electron chi connectivity index (χ2n) is 3.40. The molecule has 94 valence electrons. The summed E-state index contributed by atoms with van der Waals surface area (Å²) < 4.78 is 54.0. The van der Waals surface area contributed by atoms with Crippen LogP contribution in [0.2, 0.25) is 0 Å². The molecule has 0 N–H and O–H groups in total. The lowest BCUT2D eigenvalue weighted by Crippen LogP contribution is -2.17. The highest BCUT2D eigenvalue weighted by molar-refractivity contribution is 5.70. The molecule has 0 atom stereocenters. The smallest absolute Gasteiger partial charge is 0.405 e. The summed E-state index contributed by atoms with van der Waals surface area (Å²) in [6, 6.07) is 6.39. The minimum absolute atomic E-state index is 0.000394. The average Bonchev–Trinajstić information content (AvgIpc) is 2.29. The summed E-state index contributed by atoms with van der Waals surface area (Å²) in [6.07, 6.45) is -2.46. The highest BCUT2D eigenvalue weighted by atomic mass is 19.4. The summed E-state index contributed by atoms with van der Waals surface area (Å²) in [5.41, 5.74) is -0.0437. The Morgan fingerprint density at radius 2 is 1.72 bits per heavy atom. The molecule has 0 aliphatic rings. The monoisotopic (exact) mass is 257 g/mol. The number of para-hydroxylation sites is 1. The van der Waals surface area contributed by atoms with Gasteiger partial charge in [-0.15, -0.1) is 13.2 Å². The Kier molecular flexibility index (Phi) is 3.18. The number of alkyl halides is 3. The lowest BCUT2D eigenvalue weighted by molar-refractivity contribution is -0.274. The van der Waals surface area contributed by atoms with Crippen molar-refractivity contribution in [1.29, 1.82) is 0 Å². The predicted octanol–water partition coefficient (Wildman–Crippen LogP) is 3.79. The third-order valence-electron chi connectivity index (χ3n) is 2.17. The molecule has 0 spiro atoms. The van der Waals surface area contributed by atoms with E-state index in [2.05, 4.69) is 9.72 Å². The van der Waals surface area contributed by atoms with E-state index in [0.717, 1.165) is 18.3 Å². The van der Waals surface area contributed by atoms with Gasteiger partial charge >= 0.3 is 6.36 Å². The van der Waals surface area contributed by atoms with Gasteiger partial charge in [0.25, 0.3) is 0 Å². The SMILES string of the molecule is Fc1ccncc1-c1ccccc1OC(F)(F)F. The van der Waals surface area contributed by atoms with E-state index < -0.39 is 17.9 Å². The first-order valence-electron chi connectivity index (χ1n) is 4.92. The standard InChI is InChI=1S/C12H7F4NO/c13-10-5-6-17-7-9(10)8-3-1-2-4-11(8)18-12(14,15)16/h1-7H. The number of rotatable bonds is 2. The average molecular weight is 257 g/mol. The molecule has 0 amide bonds. The molecule has 0 bridgehead atoms. The molecule has 2 nitrogen and oxygen atoms in total. The third kappa shape index (κ3) is 2.77. The van der Waals surface area contributed by atoms with Crippen molar-refractivity contribution >= 4 is 0 Å². The minimum atomic E-state index is -4.82. The topological polar surface area (TPSA) is 22.1 Å². The second-order valence-corrected chi connectivity index (χ2v) is 3.40. The van der Waals surface area contributed by atoms with E-state index in [-0.39, 0.29) is 11.1 Å². The summed E-state index contributed by atoms with van der Waals surface area (Å²) in [6.45, 7) is 0. The van der Waals surface area contributed by atoms with Crippen LogP contribution in [0.25, 0.3) is 11.1 Å². The number of aromatic nitrogens is 1. The fourth-order valence-electron chi connectivity index (χ4n) is 1.48. The van der Waals surface area contributed by atoms with Gasteiger partial charge < -0.3 is 4.74 Å². The van der Waals surface area contributed by atoms with Gasteiger partial charge in [0.2, 0.25) is 0 Å². The molecule has 1 heterocycles. The molecule has 18 heavy (non-hydrogen) atoms. The first-order chi connectivity index (χ1) is 8.47. The third-order valence-corrected chi connectivity index (χ3v) is 2.17. The number of benzene rings is 1. The van der Waals surface area contributed by atoms with Crippen molar-refractivity contribution in [2.75, 3.05) is 0 Å². The van der Waals surface area contributed by atoms with Gasteiger partial charge in [-0.25, -0.2) is 4.39 Å². The van der Waals surface area contributed by atoms with Crippen LogP contribution >= 0.6 is 0 Å². The Bertz CT molecular complexity index is 554. The molecular formula is C12H7F4NO. The van der Waals surface area contributed by atoms with Gasteiger partial charge in [-0.05, 0) is 12.1 Å². The Morgan fingerprint density at radius 3 is 2.39 bits per heavy atom. The number of hydrogen-bond donors (Lipinski definition) is 0. The van der Waals surface area contributed by atoms with Crippen molar-refractivity contribution in [1.82, 2.24) is 4.98 Å². The fraction of sp³-hybridized carbons (Fsp3) is 0.0833. The van der Waals surface area contributed by atoms with E-state index in [1.165, 1.54) is 24.4 Å². The molecule has 0 fully saturated rings. The molecule has 2 aromatic rings. The summed E-state index contributed by atoms with van der Waals surface area (Å²) in [5, 5.41) is 0. The van der Waals surface area contributed by atoms with Crippen LogP contribution in [-0.4, -0.2) is 11.3 Å². The van der Waals surface area contributed by atoms with Gasteiger partial charge in [0, 0.05) is 23.5 Å². The molecule has 1 aromatic heterocycles. The largest absolute Gasteiger partial charge is 0.573 e. The van der Waals surface area contributed by atoms with Gasteiger partial charge in [-0.1, -0.05) is 18.2 Å². The van der Waals surface area contributed by atoms with Crippen molar-refractivity contribution in [2.24, 2.45) is 0 Å². The number of ether oxygens (including phenoxy) is 1. The minimum Gasteiger partial charge on any atom is -0.405 e. The van der Waals surface area contributed by atoms with Crippen LogP contribution in [0.5, 0.6) is 5.75 Å². The van der Waals surface area contributed by atoms with E-state index in [1.807, 2.05) is 0 Å². The summed E-state index contributed by atoms with van der Waals surface area (Å²) in [5.74, 6) is -1.12. The predicted molar refractivity (Wildman–Crippen MR) is 56.3 cm³/mol. The molecule has 1 aromatic carbocycles. The van der Waals surface area contributed by atoms with E-state index in [9.17, 15) is 17.6 Å². The first-order valence-corrected chi connectivity index (χ1v) is 4.92. The van der Waals surface area contributed by atoms with Crippen molar-refractivity contribution in [2.45, 2.75) is 6.36 Å². The zero-order chi connectivity index (χ0) is 13.2. The summed E-state index contributed by atoms with van der Waals surface area (Å²) in [4.78, 5) is 3.68. The van der Waals surface area contributed by atoms with Gasteiger partial charge in [-0.3, -0.25) is 4.98 Å². The van der Waals surface area contributed by atoms with Crippen LogP contribution in [0.3, 0.4) is 0 Å². The molecular weight excluding hydrogens is 250 g/mol. The molecule has 6 heteroatoms. The van der Waals surface area contributed by atoms with Crippen LogP contribution in [0, 0.1) is 5.82 Å². The van der Waals surface area contributed by atoms with Gasteiger partial charge in [0.05, 0.1) is 0 Å². The molecule has 0 aliphatic carbocycles. The fourth-order valence-corrected chi connectivity index (χ4v) is 1.48. The lowest BCUT2D eigenvalue weighted by atomic mass is 10.1.